The van der Waals surface area contributed by atoms with E-state index < -0.39 is 46.1 Å². The van der Waals surface area contributed by atoms with E-state index in [4.69, 9.17) is 9.47 Å². The van der Waals surface area contributed by atoms with Crippen molar-refractivity contribution >= 4 is 0 Å². The van der Waals surface area contributed by atoms with E-state index in [0.717, 1.165) is 31.7 Å². The number of rotatable bonds is 10. The summed E-state index contributed by atoms with van der Waals surface area (Å²) >= 11 is 0. The van der Waals surface area contributed by atoms with Crippen LogP contribution in [0.25, 0.3) is 0 Å². The molecular weight excluding hydrogens is 539 g/mol. The van der Waals surface area contributed by atoms with Crippen molar-refractivity contribution < 1.29 is 36.5 Å². The molecule has 1 fully saturated rings. The number of alkyl halides is 4. The third-order valence-corrected chi connectivity index (χ3v) is 7.99. The molecule has 2 aromatic rings. The first-order valence-corrected chi connectivity index (χ1v) is 14.7. The van der Waals surface area contributed by atoms with Crippen LogP contribution < -0.4 is 9.47 Å². The van der Waals surface area contributed by atoms with E-state index >= 15 is 8.78 Å². The van der Waals surface area contributed by atoms with E-state index in [0.29, 0.717) is 54.9 Å². The Morgan fingerprint density at radius 3 is 1.80 bits per heavy atom. The molecular formula is C33H45F5O3. The highest BCUT2D eigenvalue weighted by molar-refractivity contribution is 5.52. The van der Waals surface area contributed by atoms with Crippen molar-refractivity contribution in [2.75, 3.05) is 0 Å². The van der Waals surface area contributed by atoms with Crippen LogP contribution in [0.15, 0.2) is 30.3 Å². The summed E-state index contributed by atoms with van der Waals surface area (Å²) < 4.78 is 85.2. The zero-order chi connectivity index (χ0) is 30.8. The summed E-state index contributed by atoms with van der Waals surface area (Å²) in [6.07, 6.45) is -1.30. The Hall–Kier alpha value is -2.51. The number of benzene rings is 2. The van der Waals surface area contributed by atoms with Crippen LogP contribution in [0, 0.1) is 17.7 Å². The van der Waals surface area contributed by atoms with Crippen molar-refractivity contribution in [3.05, 3.63) is 52.8 Å². The second kappa shape index (κ2) is 12.4. The van der Waals surface area contributed by atoms with Gasteiger partial charge in [0.05, 0.1) is 5.92 Å². The quantitative estimate of drug-likeness (QED) is 0.223. The van der Waals surface area contributed by atoms with Gasteiger partial charge in [-0.25, -0.2) is 4.39 Å². The van der Waals surface area contributed by atoms with E-state index in [2.05, 4.69) is 6.92 Å². The summed E-state index contributed by atoms with van der Waals surface area (Å²) in [6.45, 7) is 13.1. The van der Waals surface area contributed by atoms with Crippen molar-refractivity contribution in [3.8, 4) is 17.2 Å². The molecule has 2 aromatic carbocycles. The van der Waals surface area contributed by atoms with Crippen molar-refractivity contribution in [2.45, 2.75) is 123 Å². The smallest absolute Gasteiger partial charge is 0.429 e. The van der Waals surface area contributed by atoms with Gasteiger partial charge < -0.3 is 14.6 Å². The van der Waals surface area contributed by atoms with Crippen LogP contribution in [0.4, 0.5) is 22.0 Å². The summed E-state index contributed by atoms with van der Waals surface area (Å²) in [5, 5.41) is 10.8. The van der Waals surface area contributed by atoms with E-state index in [-0.39, 0.29) is 11.5 Å². The molecule has 3 nitrogen and oxygen atoms in total. The first kappa shape index (κ1) is 33.0. The number of phenolic OH excluding ortho intramolecular Hbond substituents is 1. The molecule has 0 amide bonds. The number of halogens is 5. The van der Waals surface area contributed by atoms with Gasteiger partial charge in [-0.05, 0) is 66.7 Å². The minimum absolute atomic E-state index is 0.0146. The zero-order valence-electron chi connectivity index (χ0n) is 25.4. The van der Waals surface area contributed by atoms with Crippen LogP contribution in [-0.4, -0.2) is 11.2 Å². The van der Waals surface area contributed by atoms with E-state index in [1.165, 1.54) is 12.1 Å². The first-order valence-electron chi connectivity index (χ1n) is 14.7. The second-order valence-corrected chi connectivity index (χ2v) is 13.5. The molecule has 230 valence electrons. The standard InChI is InChI=1S/C33H45F5O3/c1-8-9-10-11-21-12-14-22(15-13-21)32(35,36)40-23-16-17-25(28(34)20-23)33(37,38)41-24-18-26(30(2,3)4)29(39)27(19-24)31(5,6)7/h16-22,39H,8-15H2,1-7H3. The molecule has 1 N–H and O–H groups in total. The predicted octanol–water partition coefficient (Wildman–Crippen LogP) is 10.6. The number of hydrogen-bond acceptors (Lipinski definition) is 3. The molecule has 1 saturated carbocycles. The molecule has 0 radical (unpaired) electrons. The van der Waals surface area contributed by atoms with Crippen LogP contribution >= 0.6 is 0 Å². The van der Waals surface area contributed by atoms with Gasteiger partial charge in [-0.2, -0.15) is 17.6 Å². The minimum Gasteiger partial charge on any atom is -0.507 e. The maximum Gasteiger partial charge on any atom is 0.429 e. The van der Waals surface area contributed by atoms with Crippen LogP contribution in [0.1, 0.15) is 117 Å². The van der Waals surface area contributed by atoms with Gasteiger partial charge in [-0.3, -0.25) is 0 Å². The summed E-state index contributed by atoms with van der Waals surface area (Å²) in [4.78, 5) is 0. The molecule has 0 heterocycles. The molecule has 8 heteroatoms. The largest absolute Gasteiger partial charge is 0.507 e. The summed E-state index contributed by atoms with van der Waals surface area (Å²) in [5.41, 5.74) is -1.50. The van der Waals surface area contributed by atoms with Gasteiger partial charge in [-0.1, -0.05) is 74.1 Å². The van der Waals surface area contributed by atoms with Crippen LogP contribution in [0.3, 0.4) is 0 Å². The molecule has 3 rings (SSSR count). The lowest BCUT2D eigenvalue weighted by Gasteiger charge is -2.33. The van der Waals surface area contributed by atoms with Gasteiger partial charge in [0.25, 0.3) is 0 Å². The van der Waals surface area contributed by atoms with Gasteiger partial charge in [-0.15, -0.1) is 0 Å². The maximum absolute atomic E-state index is 15.3. The fraction of sp³-hybridized carbons (Fsp3) is 0.636. The Balaban J connectivity index is 1.76. The Morgan fingerprint density at radius 2 is 1.32 bits per heavy atom. The lowest BCUT2D eigenvalue weighted by Crippen LogP contribution is -2.37. The molecule has 0 unspecified atom stereocenters. The number of hydrogen-bond donors (Lipinski definition) is 1. The minimum atomic E-state index is -4.12. The summed E-state index contributed by atoms with van der Waals surface area (Å²) in [5.74, 6) is -2.79. The van der Waals surface area contributed by atoms with Crippen molar-refractivity contribution in [1.29, 1.82) is 0 Å². The lowest BCUT2D eigenvalue weighted by molar-refractivity contribution is -0.223. The molecule has 0 aromatic heterocycles. The average Bonchev–Trinajstić information content (AvgIpc) is 2.83. The molecule has 41 heavy (non-hydrogen) atoms. The summed E-state index contributed by atoms with van der Waals surface area (Å²) in [6, 6.07) is 4.80. The topological polar surface area (TPSA) is 38.7 Å². The Labute approximate surface area is 241 Å². The highest BCUT2D eigenvalue weighted by atomic mass is 19.3. The molecule has 0 aliphatic heterocycles. The molecule has 1 aliphatic carbocycles. The van der Waals surface area contributed by atoms with E-state index in [9.17, 15) is 18.3 Å². The zero-order valence-corrected chi connectivity index (χ0v) is 25.4. The van der Waals surface area contributed by atoms with Gasteiger partial charge in [0.15, 0.2) is 0 Å². The van der Waals surface area contributed by atoms with Gasteiger partial charge in [0, 0.05) is 17.2 Å². The first-order chi connectivity index (χ1) is 18.8. The van der Waals surface area contributed by atoms with Crippen LogP contribution in [0.5, 0.6) is 17.2 Å². The Morgan fingerprint density at radius 1 is 0.756 bits per heavy atom. The number of unbranched alkanes of at least 4 members (excludes halogenated alkanes) is 2. The number of ether oxygens (including phenoxy) is 2. The SMILES string of the molecule is CCCCCC1CCC(C(F)(F)Oc2ccc(C(F)(F)Oc3cc(C(C)(C)C)c(O)c(C(C)(C)C)c3)c(F)c2)CC1. The van der Waals surface area contributed by atoms with Gasteiger partial charge in [0.1, 0.15) is 28.6 Å². The van der Waals surface area contributed by atoms with E-state index in [1.807, 2.05) is 41.5 Å². The fourth-order valence-electron chi connectivity index (χ4n) is 5.52. The van der Waals surface area contributed by atoms with E-state index in [1.54, 1.807) is 0 Å². The predicted molar refractivity (Wildman–Crippen MR) is 152 cm³/mol. The van der Waals surface area contributed by atoms with Gasteiger partial charge >= 0.3 is 12.2 Å². The molecule has 0 spiro atoms. The van der Waals surface area contributed by atoms with Gasteiger partial charge in [0.2, 0.25) is 0 Å². The Bertz CT molecular complexity index is 1140. The van der Waals surface area contributed by atoms with Crippen molar-refractivity contribution in [3.63, 3.8) is 0 Å². The lowest BCUT2D eigenvalue weighted by atomic mass is 9.79. The highest BCUT2D eigenvalue weighted by Crippen LogP contribution is 2.45. The molecule has 0 bridgehead atoms. The monoisotopic (exact) mass is 584 g/mol. The van der Waals surface area contributed by atoms with Crippen molar-refractivity contribution in [2.24, 2.45) is 11.8 Å². The number of aromatic hydroxyl groups is 1. The maximum atomic E-state index is 15.3. The molecule has 1 aliphatic rings. The normalized spacial score (nSPS) is 18.8. The third kappa shape index (κ3) is 8.29. The fourth-order valence-corrected chi connectivity index (χ4v) is 5.52. The second-order valence-electron chi connectivity index (χ2n) is 13.5. The third-order valence-electron chi connectivity index (χ3n) is 7.99. The number of phenols is 1. The van der Waals surface area contributed by atoms with Crippen LogP contribution in [-0.2, 0) is 16.9 Å². The molecule has 0 saturated heterocycles. The average molecular weight is 585 g/mol. The Kier molecular flexibility index (Phi) is 9.97. The highest BCUT2D eigenvalue weighted by Gasteiger charge is 2.45. The van der Waals surface area contributed by atoms with Crippen LogP contribution in [0.2, 0.25) is 0 Å². The summed E-state index contributed by atoms with van der Waals surface area (Å²) in [7, 11) is 0. The molecule has 0 atom stereocenters. The van der Waals surface area contributed by atoms with Crippen molar-refractivity contribution in [1.82, 2.24) is 0 Å².